The van der Waals surface area contributed by atoms with Crippen LogP contribution in [0.4, 0.5) is 0 Å². The Morgan fingerprint density at radius 3 is 2.78 bits per heavy atom. The van der Waals surface area contributed by atoms with Crippen LogP contribution in [0.1, 0.15) is 25.0 Å². The summed E-state index contributed by atoms with van der Waals surface area (Å²) in [5.74, 6) is 0.385. The molecule has 1 atom stereocenters. The van der Waals surface area contributed by atoms with Gasteiger partial charge in [-0.25, -0.2) is 4.79 Å². The first-order valence-corrected chi connectivity index (χ1v) is 6.17. The van der Waals surface area contributed by atoms with E-state index >= 15 is 0 Å². The van der Waals surface area contributed by atoms with Gasteiger partial charge in [0.05, 0.1) is 6.61 Å². The number of para-hydroxylation sites is 1. The lowest BCUT2D eigenvalue weighted by Gasteiger charge is -2.15. The lowest BCUT2D eigenvalue weighted by Crippen LogP contribution is -2.20. The van der Waals surface area contributed by atoms with Crippen LogP contribution in [-0.4, -0.2) is 25.2 Å². The molecule has 0 saturated heterocycles. The molecule has 1 rings (SSSR count). The molecule has 1 unspecified atom stereocenters. The molecule has 1 aromatic rings. The summed E-state index contributed by atoms with van der Waals surface area (Å²) in [7, 11) is 0. The van der Waals surface area contributed by atoms with Gasteiger partial charge in [0.1, 0.15) is 5.75 Å². The van der Waals surface area contributed by atoms with Gasteiger partial charge < -0.3 is 15.2 Å². The van der Waals surface area contributed by atoms with E-state index in [1.807, 2.05) is 32.0 Å². The Kier molecular flexibility index (Phi) is 5.65. The minimum atomic E-state index is -0.354. The van der Waals surface area contributed by atoms with Crippen LogP contribution in [0, 0.1) is 6.92 Å². The maximum absolute atomic E-state index is 11.3. The second-order valence-electron chi connectivity index (χ2n) is 4.34. The minimum Gasteiger partial charge on any atom is -0.481 e. The van der Waals surface area contributed by atoms with E-state index in [4.69, 9.17) is 15.2 Å². The molecule has 4 nitrogen and oxygen atoms in total. The first-order chi connectivity index (χ1) is 8.54. The Morgan fingerprint density at radius 1 is 1.44 bits per heavy atom. The molecule has 1 aromatic carbocycles. The van der Waals surface area contributed by atoms with Crippen LogP contribution in [0.3, 0.4) is 0 Å². The fourth-order valence-corrected chi connectivity index (χ4v) is 1.76. The van der Waals surface area contributed by atoms with Crippen LogP contribution in [0.15, 0.2) is 18.2 Å². The number of aryl methyl sites for hydroxylation is 1. The molecule has 0 radical (unpaired) electrons. The number of hydrogen-bond acceptors (Lipinski definition) is 4. The minimum absolute atomic E-state index is 0.0525. The van der Waals surface area contributed by atoms with Gasteiger partial charge in [0.15, 0.2) is 6.61 Å². The van der Waals surface area contributed by atoms with Crippen molar-refractivity contribution in [2.45, 2.75) is 33.2 Å². The van der Waals surface area contributed by atoms with Crippen molar-refractivity contribution < 1.29 is 14.3 Å². The van der Waals surface area contributed by atoms with Crippen LogP contribution in [0.5, 0.6) is 5.75 Å². The molecule has 0 aliphatic carbocycles. The van der Waals surface area contributed by atoms with Crippen molar-refractivity contribution in [3.05, 3.63) is 29.3 Å². The highest BCUT2D eigenvalue weighted by Gasteiger charge is 2.11. The molecule has 18 heavy (non-hydrogen) atoms. The highest BCUT2D eigenvalue weighted by Crippen LogP contribution is 2.24. The second-order valence-corrected chi connectivity index (χ2v) is 4.34. The summed E-state index contributed by atoms with van der Waals surface area (Å²) >= 11 is 0. The normalized spacial score (nSPS) is 12.0. The highest BCUT2D eigenvalue weighted by atomic mass is 16.6. The molecule has 2 N–H and O–H groups in total. The van der Waals surface area contributed by atoms with Gasteiger partial charge in [-0.1, -0.05) is 18.2 Å². The average Bonchev–Trinajstić information content (AvgIpc) is 2.28. The number of benzene rings is 1. The SMILES string of the molecule is CCOC(=O)COc1c(C)cccc1CC(C)N. The van der Waals surface area contributed by atoms with Gasteiger partial charge in [0, 0.05) is 6.04 Å². The Bertz CT molecular complexity index is 402. The molecule has 0 saturated carbocycles. The van der Waals surface area contributed by atoms with E-state index in [0.717, 1.165) is 23.3 Å². The largest absolute Gasteiger partial charge is 0.481 e. The topological polar surface area (TPSA) is 61.5 Å². The molecular weight excluding hydrogens is 230 g/mol. The maximum atomic E-state index is 11.3. The van der Waals surface area contributed by atoms with Crippen molar-refractivity contribution in [3.63, 3.8) is 0 Å². The van der Waals surface area contributed by atoms with Crippen LogP contribution < -0.4 is 10.5 Å². The van der Waals surface area contributed by atoms with E-state index in [9.17, 15) is 4.79 Å². The monoisotopic (exact) mass is 251 g/mol. The number of nitrogens with two attached hydrogens (primary N) is 1. The standard InChI is InChI=1S/C14H21NO3/c1-4-17-13(16)9-18-14-10(2)6-5-7-12(14)8-11(3)15/h5-7,11H,4,8-9,15H2,1-3H3. The molecular formula is C14H21NO3. The Balaban J connectivity index is 2.76. The zero-order valence-electron chi connectivity index (χ0n) is 11.2. The number of carbonyl (C=O) groups excluding carboxylic acids is 1. The van der Waals surface area contributed by atoms with Crippen LogP contribution >= 0.6 is 0 Å². The molecule has 0 amide bonds. The van der Waals surface area contributed by atoms with E-state index in [1.165, 1.54) is 0 Å². The third-order valence-corrected chi connectivity index (χ3v) is 2.48. The quantitative estimate of drug-likeness (QED) is 0.783. The Morgan fingerprint density at radius 2 is 2.17 bits per heavy atom. The van der Waals surface area contributed by atoms with Crippen molar-refractivity contribution in [1.82, 2.24) is 0 Å². The highest BCUT2D eigenvalue weighted by molar-refractivity contribution is 5.71. The van der Waals surface area contributed by atoms with Crippen LogP contribution in [0.25, 0.3) is 0 Å². The Labute approximate surface area is 108 Å². The first-order valence-electron chi connectivity index (χ1n) is 6.17. The van der Waals surface area contributed by atoms with Gasteiger partial charge in [-0.2, -0.15) is 0 Å². The second kappa shape index (κ2) is 7.01. The van der Waals surface area contributed by atoms with Gasteiger partial charge >= 0.3 is 5.97 Å². The first kappa shape index (κ1) is 14.5. The van der Waals surface area contributed by atoms with Crippen molar-refractivity contribution in [2.24, 2.45) is 5.73 Å². The van der Waals surface area contributed by atoms with E-state index in [2.05, 4.69) is 0 Å². The van der Waals surface area contributed by atoms with Crippen LogP contribution in [0.2, 0.25) is 0 Å². The fourth-order valence-electron chi connectivity index (χ4n) is 1.76. The molecule has 0 aliphatic rings. The number of hydrogen-bond donors (Lipinski definition) is 1. The summed E-state index contributed by atoms with van der Waals surface area (Å²) in [5, 5.41) is 0. The Hall–Kier alpha value is -1.55. The average molecular weight is 251 g/mol. The summed E-state index contributed by atoms with van der Waals surface area (Å²) < 4.78 is 10.4. The number of rotatable bonds is 6. The van der Waals surface area contributed by atoms with Gasteiger partial charge in [-0.05, 0) is 38.3 Å². The zero-order valence-corrected chi connectivity index (χ0v) is 11.2. The predicted octanol–water partition coefficient (Wildman–Crippen LogP) is 1.83. The van der Waals surface area contributed by atoms with E-state index in [0.29, 0.717) is 6.61 Å². The summed E-state index contributed by atoms with van der Waals surface area (Å²) in [4.78, 5) is 11.3. The molecule has 0 heterocycles. The van der Waals surface area contributed by atoms with E-state index in [-0.39, 0.29) is 18.6 Å². The molecule has 0 bridgehead atoms. The van der Waals surface area contributed by atoms with Crippen molar-refractivity contribution in [2.75, 3.05) is 13.2 Å². The third-order valence-electron chi connectivity index (χ3n) is 2.48. The number of carbonyl (C=O) groups is 1. The molecule has 0 aromatic heterocycles. The lowest BCUT2D eigenvalue weighted by molar-refractivity contribution is -0.145. The molecule has 0 fully saturated rings. The predicted molar refractivity (Wildman–Crippen MR) is 70.7 cm³/mol. The third kappa shape index (κ3) is 4.37. The lowest BCUT2D eigenvalue weighted by atomic mass is 10.0. The smallest absolute Gasteiger partial charge is 0.344 e. The zero-order chi connectivity index (χ0) is 13.5. The molecule has 4 heteroatoms. The fraction of sp³-hybridized carbons (Fsp3) is 0.500. The summed E-state index contributed by atoms with van der Waals surface area (Å²) in [6.45, 7) is 5.96. The molecule has 0 aliphatic heterocycles. The number of ether oxygens (including phenoxy) is 2. The van der Waals surface area contributed by atoms with E-state index in [1.54, 1.807) is 6.92 Å². The van der Waals surface area contributed by atoms with Crippen molar-refractivity contribution in [3.8, 4) is 5.75 Å². The van der Waals surface area contributed by atoms with Crippen LogP contribution in [-0.2, 0) is 16.0 Å². The van der Waals surface area contributed by atoms with Gasteiger partial charge in [-0.15, -0.1) is 0 Å². The number of esters is 1. The van der Waals surface area contributed by atoms with E-state index < -0.39 is 0 Å². The van der Waals surface area contributed by atoms with Gasteiger partial charge in [0.2, 0.25) is 0 Å². The summed E-state index contributed by atoms with van der Waals surface area (Å²) in [5.41, 5.74) is 7.82. The van der Waals surface area contributed by atoms with Crippen molar-refractivity contribution in [1.29, 1.82) is 0 Å². The molecule has 100 valence electrons. The van der Waals surface area contributed by atoms with Crippen molar-refractivity contribution >= 4 is 5.97 Å². The van der Waals surface area contributed by atoms with Gasteiger partial charge in [-0.3, -0.25) is 0 Å². The maximum Gasteiger partial charge on any atom is 0.344 e. The summed E-state index contributed by atoms with van der Waals surface area (Å²) in [6, 6.07) is 5.93. The summed E-state index contributed by atoms with van der Waals surface area (Å²) in [6.07, 6.45) is 0.722. The molecule has 0 spiro atoms. The van der Waals surface area contributed by atoms with Gasteiger partial charge in [0.25, 0.3) is 0 Å².